The maximum atomic E-state index is 12.1. The number of aromatic nitrogens is 1. The van der Waals surface area contributed by atoms with Crippen LogP contribution in [-0.2, 0) is 4.79 Å². The van der Waals surface area contributed by atoms with Gasteiger partial charge in [-0.1, -0.05) is 6.92 Å². The standard InChI is InChI=1S/C17H16N2O3/c1-11(15-3-2-8-22-15)9-16(20)19-13-4-5-14-12(10-13)6-7-18-17(14)21/h2-8,10-11H,9H2,1H3,(H,18,21)(H,19,20). The first-order chi connectivity index (χ1) is 10.6. The Morgan fingerprint density at radius 2 is 2.18 bits per heavy atom. The summed E-state index contributed by atoms with van der Waals surface area (Å²) in [6, 6.07) is 10.7. The zero-order valence-corrected chi connectivity index (χ0v) is 12.1. The van der Waals surface area contributed by atoms with E-state index in [1.807, 2.05) is 19.1 Å². The van der Waals surface area contributed by atoms with Gasteiger partial charge in [0.15, 0.2) is 0 Å². The highest BCUT2D eigenvalue weighted by atomic mass is 16.3. The zero-order chi connectivity index (χ0) is 15.5. The minimum atomic E-state index is -0.137. The van der Waals surface area contributed by atoms with Crippen LogP contribution in [0.25, 0.3) is 10.8 Å². The molecule has 22 heavy (non-hydrogen) atoms. The molecule has 0 radical (unpaired) electrons. The van der Waals surface area contributed by atoms with Crippen molar-refractivity contribution in [2.45, 2.75) is 19.3 Å². The van der Waals surface area contributed by atoms with E-state index in [0.717, 1.165) is 11.1 Å². The fourth-order valence-electron chi connectivity index (χ4n) is 2.43. The Hall–Kier alpha value is -2.82. The Bertz CT molecular complexity index is 850. The number of carbonyl (C=O) groups is 1. The molecule has 2 heterocycles. The summed E-state index contributed by atoms with van der Waals surface area (Å²) in [5, 5.41) is 4.25. The second-order valence-electron chi connectivity index (χ2n) is 5.28. The van der Waals surface area contributed by atoms with Gasteiger partial charge in [0.25, 0.3) is 5.56 Å². The minimum absolute atomic E-state index is 0.0123. The summed E-state index contributed by atoms with van der Waals surface area (Å²) >= 11 is 0. The monoisotopic (exact) mass is 296 g/mol. The van der Waals surface area contributed by atoms with Crippen molar-refractivity contribution in [2.75, 3.05) is 5.32 Å². The molecule has 5 nitrogen and oxygen atoms in total. The van der Waals surface area contributed by atoms with Crippen molar-refractivity contribution in [3.05, 3.63) is 65.0 Å². The molecule has 0 spiro atoms. The maximum Gasteiger partial charge on any atom is 0.255 e. The summed E-state index contributed by atoms with van der Waals surface area (Å²) in [6.07, 6.45) is 3.53. The number of amides is 1. The molecule has 0 saturated carbocycles. The van der Waals surface area contributed by atoms with Crippen LogP contribution in [0.4, 0.5) is 5.69 Å². The number of rotatable bonds is 4. The molecule has 0 aliphatic carbocycles. The van der Waals surface area contributed by atoms with Gasteiger partial charge < -0.3 is 14.7 Å². The first-order valence-corrected chi connectivity index (χ1v) is 7.08. The fourth-order valence-corrected chi connectivity index (χ4v) is 2.43. The highest BCUT2D eigenvalue weighted by molar-refractivity contribution is 5.94. The van der Waals surface area contributed by atoms with Crippen molar-refractivity contribution in [1.29, 1.82) is 0 Å². The molecule has 112 valence electrons. The highest BCUT2D eigenvalue weighted by Crippen LogP contribution is 2.21. The molecule has 2 N–H and O–H groups in total. The normalized spacial score (nSPS) is 12.2. The molecule has 2 aromatic heterocycles. The average Bonchev–Trinajstić information content (AvgIpc) is 3.01. The SMILES string of the molecule is CC(CC(=O)Nc1ccc2c(=O)[nH]ccc2c1)c1ccco1. The summed E-state index contributed by atoms with van der Waals surface area (Å²) in [7, 11) is 0. The molecule has 0 aliphatic rings. The number of furan rings is 1. The van der Waals surface area contributed by atoms with E-state index in [9.17, 15) is 9.59 Å². The van der Waals surface area contributed by atoms with Gasteiger partial charge in [0.1, 0.15) is 5.76 Å². The van der Waals surface area contributed by atoms with Crippen molar-refractivity contribution in [2.24, 2.45) is 0 Å². The lowest BCUT2D eigenvalue weighted by Crippen LogP contribution is -2.14. The first kappa shape index (κ1) is 14.1. The Kier molecular flexibility index (Phi) is 3.78. The predicted molar refractivity (Wildman–Crippen MR) is 84.9 cm³/mol. The third-order valence-corrected chi connectivity index (χ3v) is 3.58. The van der Waals surface area contributed by atoms with Crippen LogP contribution in [0.2, 0.25) is 0 Å². The van der Waals surface area contributed by atoms with Gasteiger partial charge in [-0.3, -0.25) is 9.59 Å². The number of hydrogen-bond donors (Lipinski definition) is 2. The Morgan fingerprint density at radius 1 is 1.32 bits per heavy atom. The van der Waals surface area contributed by atoms with Gasteiger partial charge in [-0.25, -0.2) is 0 Å². The number of anilines is 1. The number of carbonyl (C=O) groups excluding carboxylic acids is 1. The Morgan fingerprint density at radius 3 is 2.95 bits per heavy atom. The van der Waals surface area contributed by atoms with Crippen molar-refractivity contribution in [3.8, 4) is 0 Å². The molecule has 0 aliphatic heterocycles. The third-order valence-electron chi connectivity index (χ3n) is 3.58. The summed E-state index contributed by atoms with van der Waals surface area (Å²) in [6.45, 7) is 1.94. The van der Waals surface area contributed by atoms with Crippen LogP contribution in [0, 0.1) is 0 Å². The number of fused-ring (bicyclic) bond motifs is 1. The first-order valence-electron chi connectivity index (χ1n) is 7.08. The molecule has 1 unspecified atom stereocenters. The average molecular weight is 296 g/mol. The predicted octanol–water partition coefficient (Wildman–Crippen LogP) is 3.25. The van der Waals surface area contributed by atoms with Crippen molar-refractivity contribution < 1.29 is 9.21 Å². The van der Waals surface area contributed by atoms with E-state index in [2.05, 4.69) is 10.3 Å². The van der Waals surface area contributed by atoms with Gasteiger partial charge in [0, 0.05) is 29.6 Å². The topological polar surface area (TPSA) is 75.1 Å². The van der Waals surface area contributed by atoms with Crippen LogP contribution in [0.3, 0.4) is 0 Å². The second kappa shape index (κ2) is 5.89. The van der Waals surface area contributed by atoms with Crippen molar-refractivity contribution in [1.82, 2.24) is 4.98 Å². The molecule has 3 rings (SSSR count). The van der Waals surface area contributed by atoms with Crippen LogP contribution in [0.5, 0.6) is 0 Å². The van der Waals surface area contributed by atoms with Gasteiger partial charge in [0.2, 0.25) is 5.91 Å². The number of pyridine rings is 1. The van der Waals surface area contributed by atoms with E-state index in [-0.39, 0.29) is 17.4 Å². The fraction of sp³-hybridized carbons (Fsp3) is 0.176. The lowest BCUT2D eigenvalue weighted by molar-refractivity contribution is -0.116. The van der Waals surface area contributed by atoms with E-state index < -0.39 is 0 Å². The number of benzene rings is 1. The number of nitrogens with one attached hydrogen (secondary N) is 2. The van der Waals surface area contributed by atoms with Crippen LogP contribution < -0.4 is 10.9 Å². The van der Waals surface area contributed by atoms with E-state index in [1.165, 1.54) is 0 Å². The number of hydrogen-bond acceptors (Lipinski definition) is 3. The lowest BCUT2D eigenvalue weighted by atomic mass is 10.0. The molecular weight excluding hydrogens is 280 g/mol. The van der Waals surface area contributed by atoms with E-state index >= 15 is 0 Å². The van der Waals surface area contributed by atoms with Gasteiger partial charge >= 0.3 is 0 Å². The second-order valence-corrected chi connectivity index (χ2v) is 5.28. The van der Waals surface area contributed by atoms with Crippen molar-refractivity contribution in [3.63, 3.8) is 0 Å². The molecule has 0 bridgehead atoms. The quantitative estimate of drug-likeness (QED) is 0.776. The number of aromatic amines is 1. The molecule has 0 saturated heterocycles. The van der Waals surface area contributed by atoms with Gasteiger partial charge in [-0.15, -0.1) is 0 Å². The largest absolute Gasteiger partial charge is 0.469 e. The van der Waals surface area contributed by atoms with Gasteiger partial charge in [0.05, 0.1) is 6.26 Å². The molecule has 5 heteroatoms. The molecule has 0 fully saturated rings. The van der Waals surface area contributed by atoms with E-state index in [1.54, 1.807) is 36.7 Å². The summed E-state index contributed by atoms with van der Waals surface area (Å²) in [5.41, 5.74) is 0.538. The van der Waals surface area contributed by atoms with Crippen molar-refractivity contribution >= 4 is 22.4 Å². The van der Waals surface area contributed by atoms with Gasteiger partial charge in [-0.05, 0) is 41.8 Å². The van der Waals surface area contributed by atoms with Gasteiger partial charge in [-0.2, -0.15) is 0 Å². The smallest absolute Gasteiger partial charge is 0.255 e. The molecule has 1 aromatic carbocycles. The summed E-state index contributed by atoms with van der Waals surface area (Å²) in [5.74, 6) is 0.714. The Balaban J connectivity index is 1.73. The molecule has 1 amide bonds. The van der Waals surface area contributed by atoms with E-state index in [0.29, 0.717) is 17.5 Å². The van der Waals surface area contributed by atoms with Crippen LogP contribution in [0.1, 0.15) is 25.0 Å². The molecular formula is C17H16N2O3. The van der Waals surface area contributed by atoms with E-state index in [4.69, 9.17) is 4.42 Å². The molecule has 1 atom stereocenters. The van der Waals surface area contributed by atoms with Crippen LogP contribution >= 0.6 is 0 Å². The third kappa shape index (κ3) is 2.93. The van der Waals surface area contributed by atoms with Crippen LogP contribution in [0.15, 0.2) is 58.1 Å². The summed E-state index contributed by atoms with van der Waals surface area (Å²) in [4.78, 5) is 26.4. The lowest BCUT2D eigenvalue weighted by Gasteiger charge is -2.10. The van der Waals surface area contributed by atoms with Crippen LogP contribution in [-0.4, -0.2) is 10.9 Å². The molecule has 3 aromatic rings. The number of H-pyrrole nitrogens is 1. The Labute approximate surface area is 127 Å². The zero-order valence-electron chi connectivity index (χ0n) is 12.1. The summed E-state index contributed by atoms with van der Waals surface area (Å²) < 4.78 is 5.30. The highest BCUT2D eigenvalue weighted by Gasteiger charge is 2.13. The minimum Gasteiger partial charge on any atom is -0.469 e. The maximum absolute atomic E-state index is 12.1.